The summed E-state index contributed by atoms with van der Waals surface area (Å²) in [7, 11) is 1.41. The molecule has 14 heavy (non-hydrogen) atoms. The second-order valence-corrected chi connectivity index (χ2v) is 3.54. The zero-order valence-corrected chi connectivity index (χ0v) is 8.32. The number of carbonyl (C=O) groups excluding carboxylic acids is 1. The molecular weight excluding hydrogens is 186 g/mol. The number of hydrogen-bond acceptors (Lipinski definition) is 3. The van der Waals surface area contributed by atoms with E-state index in [4.69, 9.17) is 9.84 Å². The summed E-state index contributed by atoms with van der Waals surface area (Å²) in [6, 6.07) is -0.750. The monoisotopic (exact) mass is 201 g/mol. The van der Waals surface area contributed by atoms with Crippen LogP contribution in [-0.2, 0) is 14.3 Å². The molecule has 0 spiro atoms. The number of ether oxygens (including phenoxy) is 1. The first-order chi connectivity index (χ1) is 6.56. The molecule has 2 unspecified atom stereocenters. The van der Waals surface area contributed by atoms with Gasteiger partial charge in [0, 0.05) is 7.11 Å². The molecule has 5 heteroatoms. The van der Waals surface area contributed by atoms with E-state index >= 15 is 0 Å². The summed E-state index contributed by atoms with van der Waals surface area (Å²) in [5.41, 5.74) is 0. The van der Waals surface area contributed by atoms with E-state index in [2.05, 4.69) is 5.32 Å². The molecule has 1 rings (SSSR count). The Hall–Kier alpha value is -1.10. The van der Waals surface area contributed by atoms with Gasteiger partial charge in [0.05, 0.1) is 0 Å². The van der Waals surface area contributed by atoms with E-state index in [-0.39, 0.29) is 11.8 Å². The molecule has 1 fully saturated rings. The number of amides is 1. The fourth-order valence-corrected chi connectivity index (χ4v) is 1.19. The van der Waals surface area contributed by atoms with Crippen LogP contribution in [0, 0.1) is 5.92 Å². The van der Waals surface area contributed by atoms with Crippen molar-refractivity contribution in [1.29, 1.82) is 0 Å². The maximum absolute atomic E-state index is 11.3. The van der Waals surface area contributed by atoms with Crippen molar-refractivity contribution in [3.05, 3.63) is 0 Å². The molecule has 0 radical (unpaired) electrons. The van der Waals surface area contributed by atoms with Crippen LogP contribution in [0.15, 0.2) is 0 Å². The third kappa shape index (κ3) is 2.70. The molecule has 5 nitrogen and oxygen atoms in total. The van der Waals surface area contributed by atoms with Crippen LogP contribution in [0.1, 0.15) is 19.8 Å². The zero-order valence-electron chi connectivity index (χ0n) is 8.32. The second kappa shape index (κ2) is 4.41. The molecule has 0 heterocycles. The molecule has 0 aliphatic heterocycles. The van der Waals surface area contributed by atoms with Gasteiger partial charge >= 0.3 is 5.97 Å². The van der Waals surface area contributed by atoms with Gasteiger partial charge in [0.1, 0.15) is 12.1 Å². The Morgan fingerprint density at radius 3 is 2.43 bits per heavy atom. The summed E-state index contributed by atoms with van der Waals surface area (Å²) in [6.45, 7) is 1.58. The van der Waals surface area contributed by atoms with Gasteiger partial charge in [-0.05, 0) is 25.7 Å². The topological polar surface area (TPSA) is 75.6 Å². The molecule has 0 aromatic heterocycles. The molecule has 1 aliphatic rings. The summed E-state index contributed by atoms with van der Waals surface area (Å²) in [6.07, 6.45) is 1.15. The van der Waals surface area contributed by atoms with Crippen molar-refractivity contribution in [2.45, 2.75) is 31.9 Å². The van der Waals surface area contributed by atoms with Gasteiger partial charge in [-0.3, -0.25) is 4.79 Å². The van der Waals surface area contributed by atoms with Gasteiger partial charge in [-0.1, -0.05) is 0 Å². The third-order valence-electron chi connectivity index (χ3n) is 2.38. The lowest BCUT2D eigenvalue weighted by atomic mass is 10.2. The number of rotatable bonds is 5. The number of aliphatic carboxylic acids is 1. The minimum atomic E-state index is -0.968. The average Bonchev–Trinajstić information content (AvgIpc) is 2.95. The highest BCUT2D eigenvalue weighted by atomic mass is 16.5. The molecule has 0 aromatic rings. The van der Waals surface area contributed by atoms with Gasteiger partial charge in [0.25, 0.3) is 0 Å². The van der Waals surface area contributed by atoms with Crippen molar-refractivity contribution >= 4 is 11.9 Å². The quantitative estimate of drug-likeness (QED) is 0.656. The van der Waals surface area contributed by atoms with Crippen LogP contribution in [0.3, 0.4) is 0 Å². The van der Waals surface area contributed by atoms with Crippen LogP contribution in [0.5, 0.6) is 0 Å². The summed E-state index contributed by atoms with van der Waals surface area (Å²) >= 11 is 0. The van der Waals surface area contributed by atoms with Crippen molar-refractivity contribution in [1.82, 2.24) is 5.32 Å². The highest BCUT2D eigenvalue weighted by Crippen LogP contribution is 2.32. The smallest absolute Gasteiger partial charge is 0.326 e. The van der Waals surface area contributed by atoms with Gasteiger partial charge in [-0.25, -0.2) is 4.79 Å². The Morgan fingerprint density at radius 2 is 2.07 bits per heavy atom. The lowest BCUT2D eigenvalue weighted by molar-refractivity contribution is -0.144. The number of carbonyl (C=O) groups is 2. The molecule has 1 aliphatic carbocycles. The van der Waals surface area contributed by atoms with E-state index in [1.807, 2.05) is 0 Å². The highest BCUT2D eigenvalue weighted by molar-refractivity contribution is 5.86. The van der Waals surface area contributed by atoms with E-state index in [0.717, 1.165) is 12.8 Å². The maximum atomic E-state index is 11.3. The van der Waals surface area contributed by atoms with Gasteiger partial charge in [-0.15, -0.1) is 0 Å². The van der Waals surface area contributed by atoms with Crippen LogP contribution in [0.4, 0.5) is 0 Å². The Bertz CT molecular complexity index is 237. The van der Waals surface area contributed by atoms with Gasteiger partial charge in [0.2, 0.25) is 5.91 Å². The number of carboxylic acid groups (broad SMARTS) is 1. The van der Waals surface area contributed by atoms with E-state index in [9.17, 15) is 9.59 Å². The molecule has 0 aromatic carbocycles. The van der Waals surface area contributed by atoms with Gasteiger partial charge in [0.15, 0.2) is 0 Å². The van der Waals surface area contributed by atoms with Crippen LogP contribution in [0.25, 0.3) is 0 Å². The summed E-state index contributed by atoms with van der Waals surface area (Å²) in [5, 5.41) is 11.3. The Kier molecular flexibility index (Phi) is 3.46. The fraction of sp³-hybridized carbons (Fsp3) is 0.778. The SMILES string of the molecule is COC(C)C(=O)NC(C(=O)O)C1CC1. The molecule has 0 saturated heterocycles. The molecular formula is C9H15NO4. The minimum absolute atomic E-state index is 0.0977. The van der Waals surface area contributed by atoms with Gasteiger partial charge in [-0.2, -0.15) is 0 Å². The van der Waals surface area contributed by atoms with Gasteiger partial charge < -0.3 is 15.2 Å². The normalized spacial score (nSPS) is 19.9. The zero-order chi connectivity index (χ0) is 10.7. The lowest BCUT2D eigenvalue weighted by Gasteiger charge is -2.16. The Balaban J connectivity index is 2.46. The molecule has 80 valence electrons. The fourth-order valence-electron chi connectivity index (χ4n) is 1.19. The molecule has 2 atom stereocenters. The summed E-state index contributed by atoms with van der Waals surface area (Å²) in [5.74, 6) is -1.24. The highest BCUT2D eigenvalue weighted by Gasteiger charge is 2.37. The van der Waals surface area contributed by atoms with Crippen molar-refractivity contribution in [2.75, 3.05) is 7.11 Å². The first-order valence-electron chi connectivity index (χ1n) is 4.62. The van der Waals surface area contributed by atoms with Crippen molar-refractivity contribution < 1.29 is 19.4 Å². The summed E-state index contributed by atoms with van der Waals surface area (Å²) < 4.78 is 4.79. The number of methoxy groups -OCH3 is 1. The average molecular weight is 201 g/mol. The first kappa shape index (κ1) is 11.0. The van der Waals surface area contributed by atoms with E-state index in [1.165, 1.54) is 7.11 Å². The molecule has 2 N–H and O–H groups in total. The number of nitrogens with one attached hydrogen (secondary N) is 1. The van der Waals surface area contributed by atoms with E-state index in [1.54, 1.807) is 6.92 Å². The first-order valence-corrected chi connectivity index (χ1v) is 4.62. The predicted octanol–water partition coefficient (Wildman–Crippen LogP) is 0.000700. The van der Waals surface area contributed by atoms with Crippen molar-refractivity contribution in [3.8, 4) is 0 Å². The minimum Gasteiger partial charge on any atom is -0.480 e. The standard InChI is InChI=1S/C9H15NO4/c1-5(14-2)8(11)10-7(9(12)13)6-3-4-6/h5-7H,3-4H2,1-2H3,(H,10,11)(H,12,13). The number of carboxylic acids is 1. The largest absolute Gasteiger partial charge is 0.480 e. The summed E-state index contributed by atoms with van der Waals surface area (Å²) in [4.78, 5) is 22.1. The third-order valence-corrected chi connectivity index (χ3v) is 2.38. The van der Waals surface area contributed by atoms with E-state index in [0.29, 0.717) is 0 Å². The van der Waals surface area contributed by atoms with Crippen LogP contribution < -0.4 is 5.32 Å². The molecule has 0 bridgehead atoms. The maximum Gasteiger partial charge on any atom is 0.326 e. The van der Waals surface area contributed by atoms with Crippen LogP contribution in [0.2, 0.25) is 0 Å². The second-order valence-electron chi connectivity index (χ2n) is 3.54. The van der Waals surface area contributed by atoms with Crippen molar-refractivity contribution in [3.63, 3.8) is 0 Å². The van der Waals surface area contributed by atoms with Crippen molar-refractivity contribution in [2.24, 2.45) is 5.92 Å². The lowest BCUT2D eigenvalue weighted by Crippen LogP contribution is -2.46. The molecule has 1 saturated carbocycles. The Labute approximate surface area is 82.4 Å². The van der Waals surface area contributed by atoms with Crippen LogP contribution >= 0.6 is 0 Å². The van der Waals surface area contributed by atoms with Crippen LogP contribution in [-0.4, -0.2) is 36.2 Å². The Morgan fingerprint density at radius 1 is 1.50 bits per heavy atom. The van der Waals surface area contributed by atoms with E-state index < -0.39 is 18.1 Å². The number of hydrogen-bond donors (Lipinski definition) is 2. The molecule has 1 amide bonds. The predicted molar refractivity (Wildman–Crippen MR) is 48.8 cm³/mol.